The Morgan fingerprint density at radius 2 is 0.524 bits per heavy atom. The van der Waals surface area contributed by atoms with Gasteiger partial charge in [-0.25, -0.2) is 0 Å². The summed E-state index contributed by atoms with van der Waals surface area (Å²) in [7, 11) is 0. The molecule has 0 heterocycles. The lowest BCUT2D eigenvalue weighted by atomic mass is 10.1. The van der Waals surface area contributed by atoms with Crippen molar-refractivity contribution in [2.75, 3.05) is 13.2 Å². The first-order valence-electron chi connectivity index (χ1n) is 27.5. The number of ether oxygens (including phenoxy) is 3. The van der Waals surface area contributed by atoms with Crippen molar-refractivity contribution in [1.29, 1.82) is 0 Å². The SMILES string of the molecule is CCCCCCCC/C=C\[13CH2][13CH2]CCC[13CH2][13CH2][13C](=O)OCC(CO[13C](=O)[13CH2][13CH2]CCC[13CH2][13CH2]/C=C\CCCCCCCC)O[13C](=O)[13CH2][13CH2]CCC[13CH2][13CH2]/C=C\CCCCCCCC. The summed E-state index contributed by atoms with van der Waals surface area (Å²) in [5.74, 6) is -0.893. The van der Waals surface area contributed by atoms with Crippen LogP contribution in [0.3, 0.4) is 0 Å². The summed E-state index contributed by atoms with van der Waals surface area (Å²) in [4.78, 5) is 38.0. The van der Waals surface area contributed by atoms with Crippen LogP contribution in [0, 0.1) is 0 Å². The standard InChI is InChI=1S/C57H104O6/c1-4-7-10-13-16-19-22-25-28-31-34-37-40-43-46-49-55(58)61-52-54(63-57(60)51-48-45-42-39-36-33-30-27-24-21-18-15-12-9-6-3)53-62-56(59)50-47-44-41-38-35-32-29-26-23-20-17-14-11-8-5-2/h25-30,54H,4-24,31-53H2,1-3H3/b28-25-,29-26-,30-27-/i31+1,32+1,33+1,34+1,35+1,36+1,46+1,47+1,48+1,49+1,50+1,51+1,55+1,56+1,57+1. The van der Waals surface area contributed by atoms with Crippen LogP contribution in [0.25, 0.3) is 0 Å². The molecule has 0 spiro atoms. The van der Waals surface area contributed by atoms with E-state index in [0.29, 0.717) is 19.3 Å². The molecule has 0 bridgehead atoms. The summed E-state index contributed by atoms with van der Waals surface area (Å²) in [5, 5.41) is 0. The lowest BCUT2D eigenvalue weighted by Gasteiger charge is -2.18. The highest BCUT2D eigenvalue weighted by Crippen LogP contribution is 2.15. The van der Waals surface area contributed by atoms with E-state index in [1.165, 1.54) is 173 Å². The zero-order chi connectivity index (χ0) is 45.8. The second-order valence-electron chi connectivity index (χ2n) is 18.5. The van der Waals surface area contributed by atoms with Crippen molar-refractivity contribution in [3.63, 3.8) is 0 Å². The summed E-state index contributed by atoms with van der Waals surface area (Å²) in [6.45, 7) is 6.63. The quantitative estimate of drug-likeness (QED) is 0.0199. The van der Waals surface area contributed by atoms with Crippen molar-refractivity contribution < 1.29 is 28.6 Å². The smallest absolute Gasteiger partial charge is 0.306 e. The minimum Gasteiger partial charge on any atom is -0.462 e. The van der Waals surface area contributed by atoms with Crippen LogP contribution in [0.5, 0.6) is 0 Å². The molecule has 0 aliphatic heterocycles. The van der Waals surface area contributed by atoms with Gasteiger partial charge in [0.1, 0.15) is 13.2 Å². The zero-order valence-electron chi connectivity index (χ0n) is 42.1. The Kier molecular flexibility index (Phi) is 50.3. The lowest BCUT2D eigenvalue weighted by Crippen LogP contribution is -2.30. The van der Waals surface area contributed by atoms with Crippen molar-refractivity contribution in [2.24, 2.45) is 0 Å². The average Bonchev–Trinajstić information content (AvgIpc) is 3.28. The fourth-order valence-corrected chi connectivity index (χ4v) is 7.90. The van der Waals surface area contributed by atoms with Crippen LogP contribution >= 0.6 is 0 Å². The summed E-state index contributed by atoms with van der Waals surface area (Å²) >= 11 is 0. The van der Waals surface area contributed by atoms with Crippen LogP contribution in [0.4, 0.5) is 0 Å². The van der Waals surface area contributed by atoms with Crippen LogP contribution in [0.15, 0.2) is 36.5 Å². The van der Waals surface area contributed by atoms with E-state index in [2.05, 4.69) is 57.2 Å². The summed E-state index contributed by atoms with van der Waals surface area (Å²) < 4.78 is 16.8. The molecular formula is C57H104O6. The summed E-state index contributed by atoms with van der Waals surface area (Å²) in [6.07, 6.45) is 61.2. The van der Waals surface area contributed by atoms with E-state index in [9.17, 15) is 14.4 Å². The molecular weight excluding hydrogens is 796 g/mol. The first-order chi connectivity index (χ1) is 31.0. The molecule has 0 fully saturated rings. The Morgan fingerprint density at radius 3 is 0.794 bits per heavy atom. The molecule has 0 aliphatic carbocycles. The van der Waals surface area contributed by atoms with Gasteiger partial charge in [-0.15, -0.1) is 0 Å². The van der Waals surface area contributed by atoms with Crippen LogP contribution < -0.4 is 0 Å². The highest BCUT2D eigenvalue weighted by atomic mass is 16.7. The van der Waals surface area contributed by atoms with Crippen molar-refractivity contribution >= 4 is 17.9 Å². The van der Waals surface area contributed by atoms with Crippen LogP contribution in [-0.4, -0.2) is 37.2 Å². The maximum Gasteiger partial charge on any atom is 0.306 e. The number of unbranched alkanes of at least 4 members (excludes halogenated alkanes) is 33. The van der Waals surface area contributed by atoms with Crippen molar-refractivity contribution in [3.8, 4) is 0 Å². The fourth-order valence-electron chi connectivity index (χ4n) is 7.90. The fraction of sp³-hybridized carbons (Fsp3) is 0.842. The average molecular weight is 900 g/mol. The van der Waals surface area contributed by atoms with Gasteiger partial charge in [-0.05, 0) is 96.3 Å². The molecule has 63 heavy (non-hydrogen) atoms. The number of carbonyl (C=O) groups excluding carboxylic acids is 3. The third-order valence-electron chi connectivity index (χ3n) is 12.1. The second-order valence-corrected chi connectivity index (χ2v) is 18.5. The maximum atomic E-state index is 12.8. The van der Waals surface area contributed by atoms with Gasteiger partial charge >= 0.3 is 17.9 Å². The third kappa shape index (κ3) is 50.5. The highest BCUT2D eigenvalue weighted by Gasteiger charge is 2.19. The van der Waals surface area contributed by atoms with Gasteiger partial charge in [-0.1, -0.05) is 211 Å². The molecule has 0 aliphatic rings. The number of hydrogen-bond donors (Lipinski definition) is 0. The van der Waals surface area contributed by atoms with Gasteiger partial charge in [0, 0.05) is 19.3 Å². The van der Waals surface area contributed by atoms with E-state index in [4.69, 9.17) is 14.2 Å². The molecule has 0 saturated carbocycles. The number of esters is 3. The Morgan fingerprint density at radius 1 is 0.302 bits per heavy atom. The Labute approximate surface area is 391 Å². The molecule has 0 aromatic heterocycles. The van der Waals surface area contributed by atoms with Gasteiger partial charge in [-0.3, -0.25) is 14.4 Å². The molecule has 0 unspecified atom stereocenters. The molecule has 0 aromatic rings. The zero-order valence-corrected chi connectivity index (χ0v) is 42.1. The first kappa shape index (κ1) is 60.6. The highest BCUT2D eigenvalue weighted by molar-refractivity contribution is 5.71. The molecule has 0 amide bonds. The minimum absolute atomic E-state index is 0.0806. The van der Waals surface area contributed by atoms with Crippen molar-refractivity contribution in [2.45, 2.75) is 297 Å². The largest absolute Gasteiger partial charge is 0.462 e. The van der Waals surface area contributed by atoms with Gasteiger partial charge in [0.2, 0.25) is 0 Å². The van der Waals surface area contributed by atoms with E-state index in [1.807, 2.05) is 0 Å². The van der Waals surface area contributed by atoms with Gasteiger partial charge in [0.15, 0.2) is 6.10 Å². The summed E-state index contributed by atoms with van der Waals surface area (Å²) in [5.41, 5.74) is 0. The Bertz CT molecular complexity index is 1010. The molecule has 368 valence electrons. The Hall–Kier alpha value is -2.37. The van der Waals surface area contributed by atoms with E-state index >= 15 is 0 Å². The number of hydrogen-bond acceptors (Lipinski definition) is 6. The van der Waals surface area contributed by atoms with E-state index in [0.717, 1.165) is 77.0 Å². The molecule has 0 aromatic carbocycles. The predicted molar refractivity (Wildman–Crippen MR) is 270 cm³/mol. The molecule has 0 rings (SSSR count). The van der Waals surface area contributed by atoms with Crippen LogP contribution in [-0.2, 0) is 28.6 Å². The van der Waals surface area contributed by atoms with E-state index < -0.39 is 6.10 Å². The molecule has 6 heteroatoms. The predicted octanol–water partition coefficient (Wildman–Crippen LogP) is 18.1. The van der Waals surface area contributed by atoms with E-state index in [-0.39, 0.29) is 31.1 Å². The summed E-state index contributed by atoms with van der Waals surface area (Å²) in [6, 6.07) is 0. The molecule has 6 nitrogen and oxygen atoms in total. The molecule has 0 radical (unpaired) electrons. The normalized spacial score (nSPS) is 11.8. The molecule has 0 N–H and O–H groups in total. The van der Waals surface area contributed by atoms with E-state index in [1.54, 1.807) is 0 Å². The van der Waals surface area contributed by atoms with Crippen molar-refractivity contribution in [3.05, 3.63) is 36.5 Å². The van der Waals surface area contributed by atoms with Gasteiger partial charge in [0.25, 0.3) is 0 Å². The topological polar surface area (TPSA) is 78.9 Å². The molecule has 0 atom stereocenters. The monoisotopic (exact) mass is 900 g/mol. The van der Waals surface area contributed by atoms with Gasteiger partial charge in [0.05, 0.1) is 0 Å². The first-order valence-corrected chi connectivity index (χ1v) is 27.5. The maximum absolute atomic E-state index is 12.8. The lowest BCUT2D eigenvalue weighted by molar-refractivity contribution is -0.167. The number of rotatable bonds is 50. The van der Waals surface area contributed by atoms with Crippen LogP contribution in [0.2, 0.25) is 0 Å². The number of carbonyl (C=O) groups is 3. The van der Waals surface area contributed by atoms with Crippen LogP contribution in [0.1, 0.15) is 290 Å². The van der Waals surface area contributed by atoms with Gasteiger partial charge in [-0.2, -0.15) is 0 Å². The third-order valence-corrected chi connectivity index (χ3v) is 12.1. The second kappa shape index (κ2) is 52.3. The number of allylic oxidation sites excluding steroid dienone is 6. The van der Waals surface area contributed by atoms with Crippen molar-refractivity contribution in [1.82, 2.24) is 0 Å². The van der Waals surface area contributed by atoms with Gasteiger partial charge < -0.3 is 14.2 Å². The minimum atomic E-state index is -0.781. The molecule has 0 saturated heterocycles. The Balaban J connectivity index is 4.39.